The van der Waals surface area contributed by atoms with E-state index >= 15 is 0 Å². The topological polar surface area (TPSA) is 21.3 Å². The molecule has 1 aliphatic carbocycles. The fraction of sp³-hybridized carbons (Fsp3) is 0.667. The molecule has 1 saturated carbocycles. The largest absolute Gasteiger partial charge is 0.496 e. The Morgan fingerprint density at radius 1 is 1.19 bits per heavy atom. The highest BCUT2D eigenvalue weighted by atomic mass is 35.5. The van der Waals surface area contributed by atoms with Crippen LogP contribution >= 0.6 is 11.6 Å². The molecule has 0 amide bonds. The zero-order valence-electron chi connectivity index (χ0n) is 13.9. The molecule has 0 radical (unpaired) electrons. The van der Waals surface area contributed by atoms with E-state index < -0.39 is 0 Å². The molecule has 118 valence electrons. The molecule has 0 aromatic heterocycles. The number of ether oxygens (including phenoxy) is 1. The van der Waals surface area contributed by atoms with Crippen LogP contribution in [0.5, 0.6) is 5.75 Å². The highest BCUT2D eigenvalue weighted by molar-refractivity contribution is 6.30. The van der Waals surface area contributed by atoms with Crippen molar-refractivity contribution in [2.45, 2.75) is 59.5 Å². The van der Waals surface area contributed by atoms with E-state index in [1.54, 1.807) is 7.11 Å². The lowest BCUT2D eigenvalue weighted by Crippen LogP contribution is -2.43. The second-order valence-electron chi connectivity index (χ2n) is 7.95. The van der Waals surface area contributed by atoms with Crippen molar-refractivity contribution in [3.8, 4) is 5.75 Å². The first kappa shape index (κ1) is 16.6. The van der Waals surface area contributed by atoms with Crippen LogP contribution in [0, 0.1) is 10.8 Å². The van der Waals surface area contributed by atoms with E-state index in [0.29, 0.717) is 16.9 Å². The Hall–Kier alpha value is -0.730. The average molecular weight is 310 g/mol. The Labute approximate surface area is 134 Å². The maximum Gasteiger partial charge on any atom is 0.123 e. The van der Waals surface area contributed by atoms with Gasteiger partial charge in [0.15, 0.2) is 0 Å². The standard InChI is InChI=1S/C18H28ClNO/c1-17(2)9-15(10-18(3,4)12-17)20-11-13-8-14(19)6-7-16(13)21-5/h6-8,15,20H,9-12H2,1-5H3. The molecule has 1 aromatic rings. The van der Waals surface area contributed by atoms with Crippen LogP contribution in [0.15, 0.2) is 18.2 Å². The summed E-state index contributed by atoms with van der Waals surface area (Å²) in [6.45, 7) is 10.3. The third kappa shape index (κ3) is 4.62. The molecule has 0 atom stereocenters. The Bertz CT molecular complexity index is 480. The van der Waals surface area contributed by atoms with Gasteiger partial charge in [0.05, 0.1) is 7.11 Å². The summed E-state index contributed by atoms with van der Waals surface area (Å²) in [6.07, 6.45) is 3.73. The molecule has 2 nitrogen and oxygen atoms in total. The van der Waals surface area contributed by atoms with Gasteiger partial charge in [0, 0.05) is 23.2 Å². The molecule has 3 heteroatoms. The number of hydrogen-bond donors (Lipinski definition) is 1. The molecule has 1 N–H and O–H groups in total. The van der Waals surface area contributed by atoms with Gasteiger partial charge in [-0.05, 0) is 48.3 Å². The molecule has 1 aromatic carbocycles. The van der Waals surface area contributed by atoms with Gasteiger partial charge in [-0.1, -0.05) is 39.3 Å². The zero-order chi connectivity index (χ0) is 15.7. The maximum atomic E-state index is 6.10. The van der Waals surface area contributed by atoms with Crippen molar-refractivity contribution in [3.05, 3.63) is 28.8 Å². The lowest BCUT2D eigenvalue weighted by atomic mass is 9.63. The van der Waals surface area contributed by atoms with Gasteiger partial charge in [-0.15, -0.1) is 0 Å². The fourth-order valence-electron chi connectivity index (χ4n) is 4.13. The quantitative estimate of drug-likeness (QED) is 0.841. The van der Waals surface area contributed by atoms with Crippen LogP contribution in [0.2, 0.25) is 5.02 Å². The molecule has 0 aliphatic heterocycles. The summed E-state index contributed by atoms with van der Waals surface area (Å²) in [5, 5.41) is 4.47. The van der Waals surface area contributed by atoms with Crippen LogP contribution in [-0.2, 0) is 6.54 Å². The molecule has 2 rings (SSSR count). The van der Waals surface area contributed by atoms with Gasteiger partial charge in [0.25, 0.3) is 0 Å². The van der Waals surface area contributed by atoms with Crippen LogP contribution in [0.25, 0.3) is 0 Å². The molecule has 0 spiro atoms. The first-order valence-corrected chi connectivity index (χ1v) is 8.14. The minimum Gasteiger partial charge on any atom is -0.496 e. The summed E-state index contributed by atoms with van der Waals surface area (Å²) in [5.41, 5.74) is 1.93. The minimum absolute atomic E-state index is 0.401. The Balaban J connectivity index is 2.04. The van der Waals surface area contributed by atoms with Gasteiger partial charge in [0.1, 0.15) is 5.75 Å². The second kappa shape index (κ2) is 6.18. The van der Waals surface area contributed by atoms with Crippen LogP contribution in [0.3, 0.4) is 0 Å². The van der Waals surface area contributed by atoms with E-state index in [-0.39, 0.29) is 0 Å². The number of hydrogen-bond acceptors (Lipinski definition) is 2. The van der Waals surface area contributed by atoms with E-state index in [1.807, 2.05) is 18.2 Å². The molecule has 0 saturated heterocycles. The predicted molar refractivity (Wildman–Crippen MR) is 90.0 cm³/mol. The lowest BCUT2D eigenvalue weighted by molar-refractivity contribution is 0.0844. The molecular weight excluding hydrogens is 282 g/mol. The van der Waals surface area contributed by atoms with Crippen molar-refractivity contribution in [1.29, 1.82) is 0 Å². The van der Waals surface area contributed by atoms with Crippen molar-refractivity contribution in [3.63, 3.8) is 0 Å². The van der Waals surface area contributed by atoms with Gasteiger partial charge in [-0.2, -0.15) is 0 Å². The normalized spacial score (nSPS) is 21.2. The van der Waals surface area contributed by atoms with Crippen LogP contribution in [0.4, 0.5) is 0 Å². The number of nitrogens with one attached hydrogen (secondary N) is 1. The van der Waals surface area contributed by atoms with Gasteiger partial charge in [-0.3, -0.25) is 0 Å². The molecule has 0 heterocycles. The van der Waals surface area contributed by atoms with Crippen molar-refractivity contribution in [2.24, 2.45) is 10.8 Å². The molecule has 1 aliphatic rings. The predicted octanol–water partition coefficient (Wildman–Crippen LogP) is 5.04. The van der Waals surface area contributed by atoms with E-state index in [2.05, 4.69) is 33.0 Å². The van der Waals surface area contributed by atoms with E-state index in [0.717, 1.165) is 22.9 Å². The summed E-state index contributed by atoms with van der Waals surface area (Å²) >= 11 is 6.10. The third-order valence-corrected chi connectivity index (χ3v) is 4.61. The molecule has 0 bridgehead atoms. The number of rotatable bonds is 4. The highest BCUT2D eigenvalue weighted by Crippen LogP contribution is 2.45. The highest BCUT2D eigenvalue weighted by Gasteiger charge is 2.38. The van der Waals surface area contributed by atoms with Crippen LogP contribution < -0.4 is 10.1 Å². The number of halogens is 1. The molecule has 0 unspecified atom stereocenters. The van der Waals surface area contributed by atoms with Crippen molar-refractivity contribution < 1.29 is 4.74 Å². The molecular formula is C18H28ClNO. The number of methoxy groups -OCH3 is 1. The van der Waals surface area contributed by atoms with Gasteiger partial charge >= 0.3 is 0 Å². The lowest BCUT2D eigenvalue weighted by Gasteiger charge is -2.45. The molecule has 21 heavy (non-hydrogen) atoms. The number of benzene rings is 1. The first-order valence-electron chi connectivity index (χ1n) is 7.77. The summed E-state index contributed by atoms with van der Waals surface area (Å²) in [7, 11) is 1.71. The van der Waals surface area contributed by atoms with Crippen LogP contribution in [-0.4, -0.2) is 13.2 Å². The molecule has 1 fully saturated rings. The summed E-state index contributed by atoms with van der Waals surface area (Å²) in [5.74, 6) is 0.904. The summed E-state index contributed by atoms with van der Waals surface area (Å²) in [6, 6.07) is 6.35. The minimum atomic E-state index is 0.401. The van der Waals surface area contributed by atoms with Crippen LogP contribution in [0.1, 0.15) is 52.5 Å². The monoisotopic (exact) mass is 309 g/mol. The van der Waals surface area contributed by atoms with Gasteiger partial charge in [-0.25, -0.2) is 0 Å². The van der Waals surface area contributed by atoms with Gasteiger partial charge in [0.2, 0.25) is 0 Å². The smallest absolute Gasteiger partial charge is 0.123 e. The van der Waals surface area contributed by atoms with Gasteiger partial charge < -0.3 is 10.1 Å². The van der Waals surface area contributed by atoms with Crippen molar-refractivity contribution in [2.75, 3.05) is 7.11 Å². The first-order chi connectivity index (χ1) is 9.71. The van der Waals surface area contributed by atoms with E-state index in [9.17, 15) is 0 Å². The zero-order valence-corrected chi connectivity index (χ0v) is 14.7. The van der Waals surface area contributed by atoms with E-state index in [4.69, 9.17) is 16.3 Å². The summed E-state index contributed by atoms with van der Waals surface area (Å²) in [4.78, 5) is 0. The average Bonchev–Trinajstić information content (AvgIpc) is 2.33. The third-order valence-electron chi connectivity index (χ3n) is 4.38. The Morgan fingerprint density at radius 3 is 2.38 bits per heavy atom. The van der Waals surface area contributed by atoms with E-state index in [1.165, 1.54) is 19.3 Å². The Kier molecular flexibility index (Phi) is 4.89. The SMILES string of the molecule is COc1ccc(Cl)cc1CNC1CC(C)(C)CC(C)(C)C1. The Morgan fingerprint density at radius 2 is 1.81 bits per heavy atom. The van der Waals surface area contributed by atoms with Crippen molar-refractivity contribution in [1.82, 2.24) is 5.32 Å². The summed E-state index contributed by atoms with van der Waals surface area (Å²) < 4.78 is 5.42. The second-order valence-corrected chi connectivity index (χ2v) is 8.38. The fourth-order valence-corrected chi connectivity index (χ4v) is 4.32. The maximum absolute atomic E-state index is 6.10. The van der Waals surface area contributed by atoms with Crippen molar-refractivity contribution >= 4 is 11.6 Å².